The summed E-state index contributed by atoms with van der Waals surface area (Å²) >= 11 is 0. The number of hydrogen-bond acceptors (Lipinski definition) is 4. The molecular formula is C18H30ClNO3. The Hall–Kier alpha value is -1.23. The van der Waals surface area contributed by atoms with E-state index < -0.39 is 0 Å². The lowest BCUT2D eigenvalue weighted by molar-refractivity contribution is 0.0770. The average Bonchev–Trinajstić information content (AvgIpc) is 2.50. The topological polar surface area (TPSA) is 39.7 Å². The molecule has 1 aromatic rings. The average molecular weight is 344 g/mol. The zero-order chi connectivity index (χ0) is 16.2. The minimum absolute atomic E-state index is 0. The van der Waals surface area contributed by atoms with E-state index >= 15 is 0 Å². The van der Waals surface area contributed by atoms with E-state index in [2.05, 4.69) is 31.8 Å². The molecule has 0 bridgehead atoms. The molecule has 1 N–H and O–H groups in total. The Morgan fingerprint density at radius 1 is 1.22 bits per heavy atom. The van der Waals surface area contributed by atoms with E-state index in [0.29, 0.717) is 19.3 Å². The van der Waals surface area contributed by atoms with Gasteiger partial charge in [0.2, 0.25) is 0 Å². The van der Waals surface area contributed by atoms with Crippen molar-refractivity contribution in [2.24, 2.45) is 0 Å². The monoisotopic (exact) mass is 343 g/mol. The Morgan fingerprint density at radius 2 is 2.00 bits per heavy atom. The number of rotatable bonds is 12. The molecule has 0 saturated carbocycles. The summed E-state index contributed by atoms with van der Waals surface area (Å²) in [6.45, 7) is 13.4. The Bertz CT molecular complexity index is 438. The zero-order valence-electron chi connectivity index (χ0n) is 14.5. The van der Waals surface area contributed by atoms with Crippen molar-refractivity contribution >= 4 is 12.4 Å². The number of nitrogens with one attached hydrogen (secondary N) is 1. The van der Waals surface area contributed by atoms with Gasteiger partial charge in [0.05, 0.1) is 12.7 Å². The summed E-state index contributed by atoms with van der Waals surface area (Å²) in [6, 6.07) is 6.03. The first-order chi connectivity index (χ1) is 10.7. The van der Waals surface area contributed by atoms with Gasteiger partial charge in [-0.25, -0.2) is 0 Å². The van der Waals surface area contributed by atoms with E-state index in [1.165, 1.54) is 5.56 Å². The van der Waals surface area contributed by atoms with Gasteiger partial charge in [0.15, 0.2) is 11.5 Å². The van der Waals surface area contributed by atoms with Gasteiger partial charge >= 0.3 is 0 Å². The smallest absolute Gasteiger partial charge is 0.161 e. The van der Waals surface area contributed by atoms with Crippen LogP contribution in [0.3, 0.4) is 0 Å². The minimum atomic E-state index is 0. The van der Waals surface area contributed by atoms with Crippen molar-refractivity contribution in [3.63, 3.8) is 0 Å². The molecule has 0 fully saturated rings. The molecule has 0 amide bonds. The quantitative estimate of drug-likeness (QED) is 0.460. The van der Waals surface area contributed by atoms with Gasteiger partial charge in [-0.05, 0) is 51.4 Å². The molecule has 0 aliphatic heterocycles. The van der Waals surface area contributed by atoms with Crippen molar-refractivity contribution in [3.05, 3.63) is 36.4 Å². The first-order valence-electron chi connectivity index (χ1n) is 7.99. The molecule has 0 spiro atoms. The zero-order valence-corrected chi connectivity index (χ0v) is 15.3. The third-order valence-electron chi connectivity index (χ3n) is 2.94. The summed E-state index contributed by atoms with van der Waals surface area (Å²) in [5.74, 6) is 1.54. The summed E-state index contributed by atoms with van der Waals surface area (Å²) in [4.78, 5) is 0. The lowest BCUT2D eigenvalue weighted by atomic mass is 10.2. The largest absolute Gasteiger partial charge is 0.490 e. The van der Waals surface area contributed by atoms with Crippen LogP contribution in [0.25, 0.3) is 0 Å². The van der Waals surface area contributed by atoms with Gasteiger partial charge in [0, 0.05) is 13.2 Å². The van der Waals surface area contributed by atoms with Crippen LogP contribution in [0.5, 0.6) is 11.5 Å². The molecule has 0 aromatic heterocycles. The number of ether oxygens (including phenoxy) is 3. The van der Waals surface area contributed by atoms with Crippen LogP contribution >= 0.6 is 12.4 Å². The highest BCUT2D eigenvalue weighted by atomic mass is 35.5. The molecule has 5 heteroatoms. The van der Waals surface area contributed by atoms with Gasteiger partial charge in [-0.2, -0.15) is 0 Å². The predicted octanol–water partition coefficient (Wildman–Crippen LogP) is 3.98. The highest BCUT2D eigenvalue weighted by Crippen LogP contribution is 2.28. The Labute approximate surface area is 146 Å². The van der Waals surface area contributed by atoms with E-state index in [0.717, 1.165) is 37.6 Å². The van der Waals surface area contributed by atoms with Crippen molar-refractivity contribution in [1.29, 1.82) is 0 Å². The molecule has 1 aromatic carbocycles. The standard InChI is InChI=1S/C18H29NO3.ClH/c1-5-11-22-17-9-8-16(13-18(17)20-6-2)14-19-10-7-12-21-15(3)4;/h5,8-9,13,15,19H,1,6-7,10-12,14H2,2-4H3;1H. The SMILES string of the molecule is C=CCOc1ccc(CNCCCOC(C)C)cc1OCC.Cl. The maximum Gasteiger partial charge on any atom is 0.161 e. The van der Waals surface area contributed by atoms with Crippen molar-refractivity contribution in [3.8, 4) is 11.5 Å². The maximum absolute atomic E-state index is 5.64. The molecule has 132 valence electrons. The maximum atomic E-state index is 5.64. The van der Waals surface area contributed by atoms with Crippen LogP contribution in [0.4, 0.5) is 0 Å². The van der Waals surface area contributed by atoms with E-state index in [9.17, 15) is 0 Å². The summed E-state index contributed by atoms with van der Waals surface area (Å²) in [5.41, 5.74) is 1.18. The van der Waals surface area contributed by atoms with E-state index in [4.69, 9.17) is 14.2 Å². The molecule has 0 radical (unpaired) electrons. The molecule has 0 atom stereocenters. The third-order valence-corrected chi connectivity index (χ3v) is 2.94. The third kappa shape index (κ3) is 9.49. The van der Waals surface area contributed by atoms with Crippen LogP contribution < -0.4 is 14.8 Å². The van der Waals surface area contributed by atoms with Gasteiger partial charge < -0.3 is 19.5 Å². The number of hydrogen-bond donors (Lipinski definition) is 1. The highest BCUT2D eigenvalue weighted by molar-refractivity contribution is 5.85. The molecular weight excluding hydrogens is 314 g/mol. The molecule has 1 rings (SSSR count). The molecule has 0 aliphatic rings. The lowest BCUT2D eigenvalue weighted by Gasteiger charge is -2.13. The second-order valence-electron chi connectivity index (χ2n) is 5.26. The second-order valence-corrected chi connectivity index (χ2v) is 5.26. The van der Waals surface area contributed by atoms with Crippen molar-refractivity contribution in [2.45, 2.75) is 39.8 Å². The van der Waals surface area contributed by atoms with Gasteiger partial charge in [0.25, 0.3) is 0 Å². The van der Waals surface area contributed by atoms with Gasteiger partial charge in [-0.15, -0.1) is 12.4 Å². The normalized spacial score (nSPS) is 10.3. The van der Waals surface area contributed by atoms with E-state index in [1.54, 1.807) is 6.08 Å². The molecule has 0 saturated heterocycles. The first-order valence-corrected chi connectivity index (χ1v) is 7.99. The second kappa shape index (κ2) is 13.2. The summed E-state index contributed by atoms with van der Waals surface area (Å²) in [5, 5.41) is 3.41. The van der Waals surface area contributed by atoms with Crippen molar-refractivity contribution < 1.29 is 14.2 Å². The minimum Gasteiger partial charge on any atom is -0.490 e. The molecule has 0 heterocycles. The predicted molar refractivity (Wildman–Crippen MR) is 98.0 cm³/mol. The summed E-state index contributed by atoms with van der Waals surface area (Å²) in [7, 11) is 0. The molecule has 0 aliphatic carbocycles. The summed E-state index contributed by atoms with van der Waals surface area (Å²) in [6.07, 6.45) is 3.04. The molecule has 0 unspecified atom stereocenters. The van der Waals surface area contributed by atoms with Crippen LogP contribution in [0.1, 0.15) is 32.8 Å². The molecule has 4 nitrogen and oxygen atoms in total. The lowest BCUT2D eigenvalue weighted by Crippen LogP contribution is -2.17. The van der Waals surface area contributed by atoms with Crippen molar-refractivity contribution in [1.82, 2.24) is 5.32 Å². The Balaban J connectivity index is 0.00000484. The number of benzene rings is 1. The van der Waals surface area contributed by atoms with Gasteiger partial charge in [-0.1, -0.05) is 18.7 Å². The molecule has 23 heavy (non-hydrogen) atoms. The van der Waals surface area contributed by atoms with Gasteiger partial charge in [-0.3, -0.25) is 0 Å². The van der Waals surface area contributed by atoms with E-state index in [1.807, 2.05) is 19.1 Å². The Morgan fingerprint density at radius 3 is 2.65 bits per heavy atom. The fraction of sp³-hybridized carbons (Fsp3) is 0.556. The van der Waals surface area contributed by atoms with Crippen molar-refractivity contribution in [2.75, 3.05) is 26.4 Å². The van der Waals surface area contributed by atoms with Crippen LogP contribution in [-0.4, -0.2) is 32.5 Å². The highest BCUT2D eigenvalue weighted by Gasteiger charge is 2.06. The first kappa shape index (κ1) is 21.8. The fourth-order valence-electron chi connectivity index (χ4n) is 1.95. The van der Waals surface area contributed by atoms with Crippen LogP contribution in [0.15, 0.2) is 30.9 Å². The summed E-state index contributed by atoms with van der Waals surface area (Å²) < 4.78 is 16.7. The fourth-order valence-corrected chi connectivity index (χ4v) is 1.95. The van der Waals surface area contributed by atoms with Crippen LogP contribution in [0, 0.1) is 0 Å². The Kier molecular flexibility index (Phi) is 12.5. The van der Waals surface area contributed by atoms with E-state index in [-0.39, 0.29) is 12.4 Å². The van der Waals surface area contributed by atoms with Crippen LogP contribution in [0.2, 0.25) is 0 Å². The van der Waals surface area contributed by atoms with Gasteiger partial charge in [0.1, 0.15) is 6.61 Å². The number of halogens is 1. The van der Waals surface area contributed by atoms with Crippen LogP contribution in [-0.2, 0) is 11.3 Å².